The minimum Gasteiger partial charge on any atom is -0.460 e. The van der Waals surface area contributed by atoms with Gasteiger partial charge < -0.3 is 9.47 Å². The number of carbonyl (C=O) groups excluding carboxylic acids is 3. The maximum absolute atomic E-state index is 13.2. The van der Waals surface area contributed by atoms with Gasteiger partial charge in [-0.2, -0.15) is 0 Å². The summed E-state index contributed by atoms with van der Waals surface area (Å²) in [4.78, 5) is 38.9. The molecule has 0 bridgehead atoms. The second kappa shape index (κ2) is 7.71. The highest BCUT2D eigenvalue weighted by molar-refractivity contribution is 5.96. The summed E-state index contributed by atoms with van der Waals surface area (Å²) < 4.78 is 10.5. The first-order chi connectivity index (χ1) is 12.7. The molecule has 3 rings (SSSR count). The van der Waals surface area contributed by atoms with Gasteiger partial charge in [0.25, 0.3) is 0 Å². The standard InChI is InChI=1S/C21H27NO5/c1-21(2,3)27-18(23)12-17(15-9-10-15)19(24)22-16(13-26-20(22)25)11-14-7-5-4-6-8-14/h4-8,15-17H,9-13H2,1-3H3/t16-,17-/m0/s1. The highest BCUT2D eigenvalue weighted by Gasteiger charge is 2.46. The molecule has 1 aromatic carbocycles. The lowest BCUT2D eigenvalue weighted by molar-refractivity contribution is -0.158. The largest absolute Gasteiger partial charge is 0.460 e. The van der Waals surface area contributed by atoms with Crippen LogP contribution in [-0.2, 0) is 25.5 Å². The molecule has 0 unspecified atom stereocenters. The lowest BCUT2D eigenvalue weighted by Crippen LogP contribution is -2.45. The molecule has 6 nitrogen and oxygen atoms in total. The minimum absolute atomic E-state index is 0.00259. The van der Waals surface area contributed by atoms with Crippen LogP contribution in [0.1, 0.15) is 45.6 Å². The second-order valence-electron chi connectivity index (χ2n) is 8.36. The van der Waals surface area contributed by atoms with Gasteiger partial charge in [-0.25, -0.2) is 9.69 Å². The third kappa shape index (κ3) is 5.08. The van der Waals surface area contributed by atoms with Gasteiger partial charge in [0.1, 0.15) is 12.2 Å². The summed E-state index contributed by atoms with van der Waals surface area (Å²) in [7, 11) is 0. The maximum atomic E-state index is 13.2. The van der Waals surface area contributed by atoms with Crippen molar-refractivity contribution in [3.63, 3.8) is 0 Å². The summed E-state index contributed by atoms with van der Waals surface area (Å²) in [5.74, 6) is -1.11. The molecule has 0 spiro atoms. The van der Waals surface area contributed by atoms with Crippen molar-refractivity contribution in [1.82, 2.24) is 4.90 Å². The zero-order valence-corrected chi connectivity index (χ0v) is 16.1. The fourth-order valence-corrected chi connectivity index (χ4v) is 3.46. The number of hydrogen-bond acceptors (Lipinski definition) is 5. The molecule has 146 valence electrons. The first-order valence-corrected chi connectivity index (χ1v) is 9.50. The topological polar surface area (TPSA) is 72.9 Å². The second-order valence-corrected chi connectivity index (χ2v) is 8.36. The molecule has 0 radical (unpaired) electrons. The number of carbonyl (C=O) groups is 3. The monoisotopic (exact) mass is 373 g/mol. The summed E-state index contributed by atoms with van der Waals surface area (Å²) in [6.45, 7) is 5.58. The van der Waals surface area contributed by atoms with Gasteiger partial charge in [-0.1, -0.05) is 30.3 Å². The number of rotatable bonds is 6. The van der Waals surface area contributed by atoms with E-state index in [0.29, 0.717) is 6.42 Å². The van der Waals surface area contributed by atoms with Gasteiger partial charge in [0.15, 0.2) is 0 Å². The molecule has 6 heteroatoms. The van der Waals surface area contributed by atoms with Gasteiger partial charge >= 0.3 is 12.1 Å². The Bertz CT molecular complexity index is 705. The predicted molar refractivity (Wildman–Crippen MR) is 98.8 cm³/mol. The molecule has 1 heterocycles. The van der Waals surface area contributed by atoms with E-state index in [4.69, 9.17) is 9.47 Å². The van der Waals surface area contributed by atoms with Crippen molar-refractivity contribution in [2.45, 2.75) is 58.1 Å². The van der Waals surface area contributed by atoms with E-state index >= 15 is 0 Å². The summed E-state index contributed by atoms with van der Waals surface area (Å²) in [6.07, 6.45) is 1.72. The molecule has 0 N–H and O–H groups in total. The molecule has 1 aliphatic carbocycles. The Morgan fingerprint density at radius 3 is 2.48 bits per heavy atom. The predicted octanol–water partition coefficient (Wildman–Crippen LogP) is 3.33. The molecule has 2 fully saturated rings. The summed E-state index contributed by atoms with van der Waals surface area (Å²) in [6, 6.07) is 9.36. The van der Waals surface area contributed by atoms with Gasteiger partial charge in [0.2, 0.25) is 5.91 Å². The lowest BCUT2D eigenvalue weighted by atomic mass is 9.96. The number of amides is 2. The number of benzene rings is 1. The molecule has 2 atom stereocenters. The Labute approximate surface area is 159 Å². The molecule has 2 aliphatic rings. The highest BCUT2D eigenvalue weighted by atomic mass is 16.6. The minimum atomic E-state index is -0.615. The Hall–Kier alpha value is -2.37. The smallest absolute Gasteiger partial charge is 0.416 e. The molecule has 1 aliphatic heterocycles. The van der Waals surface area contributed by atoms with Crippen molar-refractivity contribution in [2.24, 2.45) is 11.8 Å². The van der Waals surface area contributed by atoms with Crippen LogP contribution in [0.15, 0.2) is 30.3 Å². The molecular formula is C21H27NO5. The number of esters is 1. The number of nitrogens with zero attached hydrogens (tertiary/aromatic N) is 1. The zero-order valence-electron chi connectivity index (χ0n) is 16.1. The van der Waals surface area contributed by atoms with Crippen molar-refractivity contribution in [3.8, 4) is 0 Å². The highest BCUT2D eigenvalue weighted by Crippen LogP contribution is 2.40. The molecule has 27 heavy (non-hydrogen) atoms. The Balaban J connectivity index is 1.71. The van der Waals surface area contributed by atoms with E-state index < -0.39 is 23.6 Å². The molecule has 1 saturated carbocycles. The maximum Gasteiger partial charge on any atom is 0.416 e. The Morgan fingerprint density at radius 2 is 1.89 bits per heavy atom. The molecule has 2 amide bonds. The SMILES string of the molecule is CC(C)(C)OC(=O)C[C@H](C(=O)N1C(=O)OC[C@@H]1Cc1ccccc1)C1CC1. The molecular weight excluding hydrogens is 346 g/mol. The lowest BCUT2D eigenvalue weighted by Gasteiger charge is -2.26. The first-order valence-electron chi connectivity index (χ1n) is 9.50. The van der Waals surface area contributed by atoms with Crippen LogP contribution in [0.25, 0.3) is 0 Å². The summed E-state index contributed by atoms with van der Waals surface area (Å²) >= 11 is 0. The van der Waals surface area contributed by atoms with Crippen molar-refractivity contribution in [3.05, 3.63) is 35.9 Å². The average molecular weight is 373 g/mol. The van der Waals surface area contributed by atoms with E-state index in [1.54, 1.807) is 20.8 Å². The first kappa shape index (κ1) is 19.4. The van der Waals surface area contributed by atoms with E-state index in [9.17, 15) is 14.4 Å². The zero-order chi connectivity index (χ0) is 19.6. The fraction of sp³-hybridized carbons (Fsp3) is 0.571. The third-order valence-corrected chi connectivity index (χ3v) is 4.83. The van der Waals surface area contributed by atoms with Crippen LogP contribution in [0, 0.1) is 11.8 Å². The van der Waals surface area contributed by atoms with Gasteiger partial charge in [-0.05, 0) is 51.5 Å². The van der Waals surface area contributed by atoms with Crippen LogP contribution in [-0.4, -0.2) is 41.1 Å². The van der Waals surface area contributed by atoms with E-state index in [-0.39, 0.29) is 30.9 Å². The van der Waals surface area contributed by atoms with Crippen molar-refractivity contribution < 1.29 is 23.9 Å². The number of cyclic esters (lactones) is 1. The van der Waals surface area contributed by atoms with E-state index in [1.807, 2.05) is 30.3 Å². The van der Waals surface area contributed by atoms with E-state index in [0.717, 1.165) is 18.4 Å². The van der Waals surface area contributed by atoms with Crippen LogP contribution in [0.2, 0.25) is 0 Å². The number of imide groups is 1. The van der Waals surface area contributed by atoms with Crippen LogP contribution in [0.4, 0.5) is 4.79 Å². The van der Waals surface area contributed by atoms with Gasteiger partial charge in [0, 0.05) is 0 Å². The van der Waals surface area contributed by atoms with Crippen LogP contribution in [0.5, 0.6) is 0 Å². The van der Waals surface area contributed by atoms with Crippen molar-refractivity contribution in [2.75, 3.05) is 6.61 Å². The van der Waals surface area contributed by atoms with Crippen LogP contribution >= 0.6 is 0 Å². The van der Waals surface area contributed by atoms with Crippen molar-refractivity contribution in [1.29, 1.82) is 0 Å². The van der Waals surface area contributed by atoms with Gasteiger partial charge in [-0.3, -0.25) is 9.59 Å². The normalized spacial score (nSPS) is 20.9. The van der Waals surface area contributed by atoms with E-state index in [1.165, 1.54) is 4.90 Å². The van der Waals surface area contributed by atoms with E-state index in [2.05, 4.69) is 0 Å². The Morgan fingerprint density at radius 1 is 1.22 bits per heavy atom. The van der Waals surface area contributed by atoms with Crippen molar-refractivity contribution >= 4 is 18.0 Å². The summed E-state index contributed by atoms with van der Waals surface area (Å²) in [5.41, 5.74) is 0.435. The van der Waals surface area contributed by atoms with Crippen LogP contribution < -0.4 is 0 Å². The quantitative estimate of drug-likeness (QED) is 0.715. The average Bonchev–Trinajstić information content (AvgIpc) is 3.36. The van der Waals surface area contributed by atoms with Gasteiger partial charge in [0.05, 0.1) is 18.4 Å². The molecule has 1 aromatic rings. The van der Waals surface area contributed by atoms with Gasteiger partial charge in [-0.15, -0.1) is 0 Å². The fourth-order valence-electron chi connectivity index (χ4n) is 3.46. The molecule has 1 saturated heterocycles. The summed E-state index contributed by atoms with van der Waals surface area (Å²) in [5, 5.41) is 0. The number of hydrogen-bond donors (Lipinski definition) is 0. The van der Waals surface area contributed by atoms with Crippen LogP contribution in [0.3, 0.4) is 0 Å². The Kier molecular flexibility index (Phi) is 5.53. The number of ether oxygens (including phenoxy) is 2. The molecule has 0 aromatic heterocycles. The third-order valence-electron chi connectivity index (χ3n) is 4.83.